The van der Waals surface area contributed by atoms with Crippen molar-refractivity contribution >= 4 is 24.0 Å². The Kier molecular flexibility index (Phi) is 7.17. The molecule has 1 aromatic carbocycles. The number of halogens is 1. The molecule has 0 saturated heterocycles. The third-order valence-electron chi connectivity index (χ3n) is 2.92. The van der Waals surface area contributed by atoms with Gasteiger partial charge in [-0.1, -0.05) is 31.5 Å². The van der Waals surface area contributed by atoms with Crippen LogP contribution < -0.4 is 11.1 Å². The maximum atomic E-state index is 11.9. The van der Waals surface area contributed by atoms with Gasteiger partial charge < -0.3 is 11.1 Å². The second kappa shape index (κ2) is 7.81. The molecule has 0 fully saturated rings. The average molecular weight is 302 g/mol. The topological polar surface area (TPSA) is 98.3 Å². The highest BCUT2D eigenvalue weighted by Crippen LogP contribution is 2.17. The average Bonchev–Trinajstić information content (AvgIpc) is 2.36. The number of nitrogens with two attached hydrogens (primary N) is 1. The monoisotopic (exact) mass is 301 g/mol. The van der Waals surface area contributed by atoms with E-state index in [2.05, 4.69) is 5.32 Å². The lowest BCUT2D eigenvalue weighted by Gasteiger charge is -2.22. The van der Waals surface area contributed by atoms with Crippen molar-refractivity contribution in [2.75, 3.05) is 0 Å². The minimum Gasteiger partial charge on any atom is -0.350 e. The summed E-state index contributed by atoms with van der Waals surface area (Å²) in [7, 11) is 0. The molecule has 0 aliphatic rings. The highest BCUT2D eigenvalue weighted by Gasteiger charge is 2.27. The number of nitro groups is 1. The predicted molar refractivity (Wildman–Crippen MR) is 79.7 cm³/mol. The second-order valence-corrected chi connectivity index (χ2v) is 4.74. The highest BCUT2D eigenvalue weighted by molar-refractivity contribution is 5.85. The summed E-state index contributed by atoms with van der Waals surface area (Å²) in [5.74, 6) is -0.299. The van der Waals surface area contributed by atoms with Crippen LogP contribution in [-0.4, -0.2) is 16.4 Å². The fourth-order valence-electron chi connectivity index (χ4n) is 1.85. The largest absolute Gasteiger partial charge is 0.350 e. The van der Waals surface area contributed by atoms with E-state index < -0.39 is 10.5 Å². The van der Waals surface area contributed by atoms with E-state index in [0.717, 1.165) is 6.42 Å². The minimum atomic E-state index is -0.946. The molecular formula is C13H20ClN3O3. The molecule has 3 N–H and O–H groups in total. The zero-order valence-electron chi connectivity index (χ0n) is 11.6. The summed E-state index contributed by atoms with van der Waals surface area (Å²) in [5.41, 5.74) is 5.40. The molecule has 0 bridgehead atoms. The summed E-state index contributed by atoms with van der Waals surface area (Å²) in [4.78, 5) is 22.3. The number of nitro benzene ring substituents is 1. The smallest absolute Gasteiger partial charge is 0.274 e. The molecule has 7 heteroatoms. The van der Waals surface area contributed by atoms with Crippen LogP contribution >= 0.6 is 12.4 Å². The number of nitrogens with one attached hydrogen (secondary N) is 1. The molecule has 1 rings (SSSR count). The Hall–Kier alpha value is -1.66. The van der Waals surface area contributed by atoms with Gasteiger partial charge in [0.05, 0.1) is 10.5 Å². The maximum absolute atomic E-state index is 11.9. The number of rotatable bonds is 6. The van der Waals surface area contributed by atoms with E-state index in [1.165, 1.54) is 6.07 Å². The van der Waals surface area contributed by atoms with Crippen LogP contribution in [0.15, 0.2) is 24.3 Å². The van der Waals surface area contributed by atoms with E-state index in [9.17, 15) is 14.9 Å². The summed E-state index contributed by atoms with van der Waals surface area (Å²) < 4.78 is 0. The van der Waals surface area contributed by atoms with Crippen molar-refractivity contribution in [1.82, 2.24) is 5.32 Å². The van der Waals surface area contributed by atoms with Crippen molar-refractivity contribution in [3.63, 3.8) is 0 Å². The molecule has 6 nitrogen and oxygen atoms in total. The molecule has 0 radical (unpaired) electrons. The van der Waals surface area contributed by atoms with Gasteiger partial charge in [-0.25, -0.2) is 0 Å². The summed E-state index contributed by atoms with van der Waals surface area (Å²) in [6, 6.07) is 6.32. The lowest BCUT2D eigenvalue weighted by Crippen LogP contribution is -2.51. The van der Waals surface area contributed by atoms with Crippen LogP contribution in [0.3, 0.4) is 0 Å². The number of benzene rings is 1. The van der Waals surface area contributed by atoms with E-state index >= 15 is 0 Å². The molecule has 20 heavy (non-hydrogen) atoms. The standard InChI is InChI=1S/C13H19N3O3.ClH/c1-3-8-13(2,14)12(17)15-9-10-6-4-5-7-11(10)16(18)19;/h4-7H,3,8-9,14H2,1-2H3,(H,15,17);1H. The number of nitrogens with zero attached hydrogens (tertiary/aromatic N) is 1. The lowest BCUT2D eigenvalue weighted by molar-refractivity contribution is -0.385. The first kappa shape index (κ1) is 18.3. The molecular weight excluding hydrogens is 282 g/mol. The summed E-state index contributed by atoms with van der Waals surface area (Å²) in [5, 5.41) is 13.5. The molecule has 0 saturated carbocycles. The van der Waals surface area contributed by atoms with Gasteiger partial charge in [-0.15, -0.1) is 12.4 Å². The van der Waals surface area contributed by atoms with E-state index in [1.54, 1.807) is 25.1 Å². The Labute approximate surface area is 124 Å². The van der Waals surface area contributed by atoms with Crippen LogP contribution in [0.4, 0.5) is 5.69 Å². The Bertz CT molecular complexity index is 478. The van der Waals surface area contributed by atoms with Crippen molar-refractivity contribution in [2.45, 2.75) is 38.8 Å². The quantitative estimate of drug-likeness (QED) is 0.621. The van der Waals surface area contributed by atoms with Gasteiger partial charge in [-0.05, 0) is 13.3 Å². The van der Waals surface area contributed by atoms with Gasteiger partial charge in [0, 0.05) is 18.2 Å². The van der Waals surface area contributed by atoms with Gasteiger partial charge >= 0.3 is 0 Å². The Morgan fingerprint density at radius 1 is 1.45 bits per heavy atom. The van der Waals surface area contributed by atoms with E-state index in [-0.39, 0.29) is 30.5 Å². The van der Waals surface area contributed by atoms with Gasteiger partial charge in [0.15, 0.2) is 0 Å². The van der Waals surface area contributed by atoms with Gasteiger partial charge in [0.1, 0.15) is 0 Å². The third-order valence-corrected chi connectivity index (χ3v) is 2.92. The first-order chi connectivity index (χ1) is 8.88. The van der Waals surface area contributed by atoms with Gasteiger partial charge in [0.25, 0.3) is 5.69 Å². The van der Waals surface area contributed by atoms with Crippen molar-refractivity contribution in [2.24, 2.45) is 5.73 Å². The van der Waals surface area contributed by atoms with Crippen LogP contribution in [0, 0.1) is 10.1 Å². The zero-order valence-corrected chi connectivity index (χ0v) is 12.4. The lowest BCUT2D eigenvalue weighted by atomic mass is 9.96. The first-order valence-corrected chi connectivity index (χ1v) is 6.18. The van der Waals surface area contributed by atoms with Crippen molar-refractivity contribution < 1.29 is 9.72 Å². The number of hydrogen-bond donors (Lipinski definition) is 2. The zero-order chi connectivity index (χ0) is 14.5. The molecule has 0 aliphatic heterocycles. The number of amides is 1. The molecule has 0 heterocycles. The molecule has 0 spiro atoms. The van der Waals surface area contributed by atoms with Gasteiger partial charge in [0.2, 0.25) is 5.91 Å². The fraction of sp³-hybridized carbons (Fsp3) is 0.462. The molecule has 0 aliphatic carbocycles. The van der Waals surface area contributed by atoms with Crippen LogP contribution in [0.1, 0.15) is 32.3 Å². The van der Waals surface area contributed by atoms with Crippen molar-refractivity contribution in [1.29, 1.82) is 0 Å². The highest BCUT2D eigenvalue weighted by atomic mass is 35.5. The van der Waals surface area contributed by atoms with Crippen LogP contribution in [-0.2, 0) is 11.3 Å². The van der Waals surface area contributed by atoms with E-state index in [1.807, 2.05) is 6.92 Å². The van der Waals surface area contributed by atoms with E-state index in [0.29, 0.717) is 12.0 Å². The van der Waals surface area contributed by atoms with Gasteiger partial charge in [-0.3, -0.25) is 14.9 Å². The molecule has 1 unspecified atom stereocenters. The number of carbonyl (C=O) groups is 1. The van der Waals surface area contributed by atoms with Crippen LogP contribution in [0.2, 0.25) is 0 Å². The van der Waals surface area contributed by atoms with Crippen LogP contribution in [0.5, 0.6) is 0 Å². The number of hydrogen-bond acceptors (Lipinski definition) is 4. The number of carbonyl (C=O) groups excluding carboxylic acids is 1. The van der Waals surface area contributed by atoms with Gasteiger partial charge in [-0.2, -0.15) is 0 Å². The first-order valence-electron chi connectivity index (χ1n) is 6.18. The maximum Gasteiger partial charge on any atom is 0.274 e. The second-order valence-electron chi connectivity index (χ2n) is 4.74. The molecule has 112 valence electrons. The Morgan fingerprint density at radius 3 is 2.60 bits per heavy atom. The molecule has 1 amide bonds. The molecule has 1 atom stereocenters. The number of para-hydroxylation sites is 1. The molecule has 0 aromatic heterocycles. The Morgan fingerprint density at radius 2 is 2.05 bits per heavy atom. The predicted octanol–water partition coefficient (Wildman–Crippen LogP) is 2.15. The minimum absolute atomic E-state index is 0. The van der Waals surface area contributed by atoms with Crippen LogP contribution in [0.25, 0.3) is 0 Å². The fourth-order valence-corrected chi connectivity index (χ4v) is 1.85. The van der Waals surface area contributed by atoms with Crippen molar-refractivity contribution in [3.8, 4) is 0 Å². The summed E-state index contributed by atoms with van der Waals surface area (Å²) in [6.45, 7) is 3.71. The third kappa shape index (κ3) is 4.79. The normalized spacial score (nSPS) is 12.9. The Balaban J connectivity index is 0.00000361. The summed E-state index contributed by atoms with van der Waals surface area (Å²) in [6.07, 6.45) is 1.36. The summed E-state index contributed by atoms with van der Waals surface area (Å²) >= 11 is 0. The van der Waals surface area contributed by atoms with E-state index in [4.69, 9.17) is 5.73 Å². The van der Waals surface area contributed by atoms with Crippen molar-refractivity contribution in [3.05, 3.63) is 39.9 Å². The SMILES string of the molecule is CCCC(C)(N)C(=O)NCc1ccccc1[N+](=O)[O-].Cl. The molecule has 1 aromatic rings.